The summed E-state index contributed by atoms with van der Waals surface area (Å²) in [6, 6.07) is 15.2. The molecule has 4 aromatic rings. The molecule has 0 atom stereocenters. The second kappa shape index (κ2) is 8.86. The average molecular weight is 444 g/mol. The Morgan fingerprint density at radius 1 is 0.939 bits per heavy atom. The Bertz CT molecular complexity index is 1270. The molecule has 0 aliphatic heterocycles. The van der Waals surface area contributed by atoms with E-state index in [4.69, 9.17) is 4.98 Å². The van der Waals surface area contributed by atoms with Gasteiger partial charge in [-0.05, 0) is 49.4 Å². The molecule has 0 saturated heterocycles. The van der Waals surface area contributed by atoms with Gasteiger partial charge in [-0.15, -0.1) is 0 Å². The lowest BCUT2D eigenvalue weighted by molar-refractivity contribution is 0.262. The molecule has 0 radical (unpaired) electrons. The number of carbonyl (C=O) groups is 1. The predicted octanol–water partition coefficient (Wildman–Crippen LogP) is 6.53. The third-order valence-electron chi connectivity index (χ3n) is 5.18. The molecule has 0 aliphatic carbocycles. The molecule has 7 heteroatoms. The smallest absolute Gasteiger partial charge is 0.323 e. The SMILES string of the molecule is Cc1ccc(NC(=O)Nc2cc(-c3nc(C(C)(C)C)[nH]c3-c3ccncc3)ccc2F)cc1. The number of H-pyrrole nitrogens is 1. The number of nitrogens with one attached hydrogen (secondary N) is 3. The number of hydrogen-bond donors (Lipinski definition) is 3. The topological polar surface area (TPSA) is 82.7 Å². The van der Waals surface area contributed by atoms with E-state index in [9.17, 15) is 9.18 Å². The minimum Gasteiger partial charge on any atom is -0.341 e. The largest absolute Gasteiger partial charge is 0.341 e. The van der Waals surface area contributed by atoms with Crippen LogP contribution in [0.1, 0.15) is 32.2 Å². The van der Waals surface area contributed by atoms with Gasteiger partial charge in [0.15, 0.2) is 0 Å². The molecule has 2 heterocycles. The molecule has 168 valence electrons. The van der Waals surface area contributed by atoms with E-state index in [1.54, 1.807) is 36.7 Å². The highest BCUT2D eigenvalue weighted by molar-refractivity contribution is 6.00. The predicted molar refractivity (Wildman–Crippen MR) is 130 cm³/mol. The monoisotopic (exact) mass is 443 g/mol. The van der Waals surface area contributed by atoms with Crippen LogP contribution < -0.4 is 10.6 Å². The zero-order valence-corrected chi connectivity index (χ0v) is 19.0. The van der Waals surface area contributed by atoms with E-state index < -0.39 is 11.8 Å². The zero-order chi connectivity index (χ0) is 23.6. The number of hydrogen-bond acceptors (Lipinski definition) is 3. The molecule has 2 aromatic heterocycles. The fourth-order valence-electron chi connectivity index (χ4n) is 3.35. The van der Waals surface area contributed by atoms with E-state index in [2.05, 4.69) is 41.4 Å². The Hall–Kier alpha value is -4.00. The van der Waals surface area contributed by atoms with Gasteiger partial charge in [-0.3, -0.25) is 4.98 Å². The van der Waals surface area contributed by atoms with Crippen LogP contribution in [0.3, 0.4) is 0 Å². The Balaban J connectivity index is 1.68. The number of imidazole rings is 1. The van der Waals surface area contributed by atoms with Gasteiger partial charge in [0.05, 0.1) is 17.1 Å². The summed E-state index contributed by atoms with van der Waals surface area (Å²) in [4.78, 5) is 24.8. The highest BCUT2D eigenvalue weighted by Crippen LogP contribution is 2.34. The molecular formula is C26H26FN5O. The van der Waals surface area contributed by atoms with Crippen molar-refractivity contribution in [1.82, 2.24) is 15.0 Å². The first-order chi connectivity index (χ1) is 15.7. The molecule has 0 saturated carbocycles. The molecule has 0 bridgehead atoms. The summed E-state index contributed by atoms with van der Waals surface area (Å²) < 4.78 is 14.6. The van der Waals surface area contributed by atoms with Gasteiger partial charge in [-0.2, -0.15) is 0 Å². The van der Waals surface area contributed by atoms with Crippen LogP contribution in [0.25, 0.3) is 22.5 Å². The molecule has 4 rings (SSSR count). The standard InChI is InChI=1S/C26H26FN5O/c1-16-5-8-19(9-6-16)29-25(33)30-21-15-18(7-10-20(21)27)23-22(17-11-13-28-14-12-17)31-24(32-23)26(2,3)4/h5-15H,1-4H3,(H,31,32)(H2,29,30,33). The summed E-state index contributed by atoms with van der Waals surface area (Å²) in [5, 5.41) is 5.33. The molecule has 2 amide bonds. The van der Waals surface area contributed by atoms with Crippen molar-refractivity contribution in [2.24, 2.45) is 0 Å². The van der Waals surface area contributed by atoms with Crippen molar-refractivity contribution >= 4 is 17.4 Å². The van der Waals surface area contributed by atoms with Crippen LogP contribution in [-0.4, -0.2) is 21.0 Å². The first kappa shape index (κ1) is 22.2. The van der Waals surface area contributed by atoms with Crippen molar-refractivity contribution in [2.45, 2.75) is 33.1 Å². The molecule has 2 aromatic carbocycles. The number of benzene rings is 2. The van der Waals surface area contributed by atoms with E-state index in [-0.39, 0.29) is 11.1 Å². The average Bonchev–Trinajstić information content (AvgIpc) is 3.24. The first-order valence-electron chi connectivity index (χ1n) is 10.7. The summed E-state index contributed by atoms with van der Waals surface area (Å²) in [5.74, 6) is 0.273. The Labute approximate surface area is 192 Å². The third-order valence-corrected chi connectivity index (χ3v) is 5.18. The first-order valence-corrected chi connectivity index (χ1v) is 10.7. The number of nitrogens with zero attached hydrogens (tertiary/aromatic N) is 2. The minimum atomic E-state index is -0.533. The van der Waals surface area contributed by atoms with Crippen molar-refractivity contribution in [3.8, 4) is 22.5 Å². The number of carbonyl (C=O) groups excluding carboxylic acids is 1. The Kier molecular flexibility index (Phi) is 5.96. The summed E-state index contributed by atoms with van der Waals surface area (Å²) >= 11 is 0. The number of rotatable bonds is 4. The third kappa shape index (κ3) is 5.09. The number of aromatic nitrogens is 3. The van der Waals surface area contributed by atoms with Crippen molar-refractivity contribution in [3.63, 3.8) is 0 Å². The number of halogens is 1. The van der Waals surface area contributed by atoms with Gasteiger partial charge in [0.2, 0.25) is 0 Å². The summed E-state index contributed by atoms with van der Waals surface area (Å²) in [5.41, 5.74) is 4.64. The number of urea groups is 1. The molecule has 0 spiro atoms. The number of amides is 2. The van der Waals surface area contributed by atoms with Crippen LogP contribution in [0.15, 0.2) is 67.0 Å². The molecular weight excluding hydrogens is 417 g/mol. The summed E-state index contributed by atoms with van der Waals surface area (Å²) in [6.07, 6.45) is 3.42. The minimum absolute atomic E-state index is 0.0677. The summed E-state index contributed by atoms with van der Waals surface area (Å²) in [7, 11) is 0. The fourth-order valence-corrected chi connectivity index (χ4v) is 3.35. The lowest BCUT2D eigenvalue weighted by Gasteiger charge is -2.14. The van der Waals surface area contributed by atoms with E-state index in [1.165, 1.54) is 6.07 Å². The van der Waals surface area contributed by atoms with Gasteiger partial charge in [0.1, 0.15) is 11.6 Å². The lowest BCUT2D eigenvalue weighted by atomic mass is 9.96. The van der Waals surface area contributed by atoms with Crippen LogP contribution in [-0.2, 0) is 5.41 Å². The van der Waals surface area contributed by atoms with Crippen LogP contribution >= 0.6 is 0 Å². The molecule has 0 fully saturated rings. The molecule has 0 aliphatic rings. The van der Waals surface area contributed by atoms with E-state index in [0.29, 0.717) is 16.9 Å². The summed E-state index contributed by atoms with van der Waals surface area (Å²) in [6.45, 7) is 8.17. The molecule has 6 nitrogen and oxygen atoms in total. The molecule has 3 N–H and O–H groups in total. The van der Waals surface area contributed by atoms with Crippen LogP contribution in [0.4, 0.5) is 20.6 Å². The highest BCUT2D eigenvalue weighted by atomic mass is 19.1. The van der Waals surface area contributed by atoms with Gasteiger partial charge in [-0.1, -0.05) is 38.5 Å². The number of pyridine rings is 1. The second-order valence-corrected chi connectivity index (χ2v) is 8.93. The van der Waals surface area contributed by atoms with Crippen LogP contribution in [0.2, 0.25) is 0 Å². The lowest BCUT2D eigenvalue weighted by Crippen LogP contribution is -2.20. The number of aromatic amines is 1. The normalized spacial score (nSPS) is 11.3. The molecule has 0 unspecified atom stereocenters. The maximum absolute atomic E-state index is 14.6. The Morgan fingerprint density at radius 2 is 1.64 bits per heavy atom. The van der Waals surface area contributed by atoms with Crippen molar-refractivity contribution < 1.29 is 9.18 Å². The van der Waals surface area contributed by atoms with Gasteiger partial charge in [0.25, 0.3) is 0 Å². The van der Waals surface area contributed by atoms with Crippen molar-refractivity contribution in [1.29, 1.82) is 0 Å². The maximum Gasteiger partial charge on any atom is 0.323 e. The van der Waals surface area contributed by atoms with Gasteiger partial charge in [-0.25, -0.2) is 14.2 Å². The zero-order valence-electron chi connectivity index (χ0n) is 19.0. The van der Waals surface area contributed by atoms with E-state index >= 15 is 0 Å². The van der Waals surface area contributed by atoms with Gasteiger partial charge >= 0.3 is 6.03 Å². The quantitative estimate of drug-likeness (QED) is 0.335. The van der Waals surface area contributed by atoms with Crippen LogP contribution in [0, 0.1) is 12.7 Å². The number of aryl methyl sites for hydroxylation is 1. The van der Waals surface area contributed by atoms with E-state index in [0.717, 1.165) is 22.6 Å². The van der Waals surface area contributed by atoms with Crippen molar-refractivity contribution in [2.75, 3.05) is 10.6 Å². The van der Waals surface area contributed by atoms with Gasteiger partial charge < -0.3 is 15.6 Å². The van der Waals surface area contributed by atoms with Crippen LogP contribution in [0.5, 0.6) is 0 Å². The van der Waals surface area contributed by atoms with Gasteiger partial charge in [0, 0.05) is 34.6 Å². The Morgan fingerprint density at radius 3 is 2.30 bits per heavy atom. The maximum atomic E-state index is 14.6. The fraction of sp³-hybridized carbons (Fsp3) is 0.192. The highest BCUT2D eigenvalue weighted by Gasteiger charge is 2.23. The number of anilines is 2. The van der Waals surface area contributed by atoms with E-state index in [1.807, 2.05) is 31.2 Å². The molecule has 33 heavy (non-hydrogen) atoms. The van der Waals surface area contributed by atoms with Crippen molar-refractivity contribution in [3.05, 3.63) is 84.2 Å². The second-order valence-electron chi connectivity index (χ2n) is 8.93.